The third kappa shape index (κ3) is 4.47. The standard InChI is InChI=1S/C16H13ClF3NO.CH3F/c1-2-10-3-5-12(6-4-10)21(15(22)9-17)14-8-11(18)7-13(19)16(14)20;1-2/h3-8H,2,9H2,1H3;1H3. The molecule has 24 heavy (non-hydrogen) atoms. The molecule has 0 aliphatic carbocycles. The van der Waals surface area contributed by atoms with Crippen LogP contribution in [0.4, 0.5) is 28.9 Å². The van der Waals surface area contributed by atoms with Crippen molar-refractivity contribution in [2.75, 3.05) is 18.0 Å². The molecule has 2 nitrogen and oxygen atoms in total. The number of anilines is 2. The Morgan fingerprint density at radius 3 is 2.17 bits per heavy atom. The summed E-state index contributed by atoms with van der Waals surface area (Å²) in [6, 6.07) is 7.82. The number of carbonyl (C=O) groups is 1. The second-order valence-corrected chi connectivity index (χ2v) is 4.87. The van der Waals surface area contributed by atoms with Crippen LogP contribution in [-0.2, 0) is 11.2 Å². The van der Waals surface area contributed by atoms with Crippen LogP contribution in [0.2, 0.25) is 0 Å². The van der Waals surface area contributed by atoms with Crippen molar-refractivity contribution in [2.45, 2.75) is 13.3 Å². The van der Waals surface area contributed by atoms with Crippen LogP contribution in [0.1, 0.15) is 12.5 Å². The fourth-order valence-electron chi connectivity index (χ4n) is 2.06. The molecular weight excluding hydrogens is 346 g/mol. The number of nitrogens with zero attached hydrogens (tertiary/aromatic N) is 1. The summed E-state index contributed by atoms with van der Waals surface area (Å²) in [6.45, 7) is 1.96. The van der Waals surface area contributed by atoms with Gasteiger partial charge in [0.2, 0.25) is 5.91 Å². The number of benzene rings is 2. The second kappa shape index (κ2) is 9.27. The molecule has 0 unspecified atom stereocenters. The predicted octanol–water partition coefficient (Wildman–Crippen LogP) is 5.16. The number of halogens is 5. The molecule has 0 atom stereocenters. The highest BCUT2D eigenvalue weighted by Crippen LogP contribution is 2.30. The van der Waals surface area contributed by atoms with E-state index in [4.69, 9.17) is 11.6 Å². The van der Waals surface area contributed by atoms with Crippen molar-refractivity contribution in [3.8, 4) is 0 Å². The maximum Gasteiger partial charge on any atom is 0.246 e. The highest BCUT2D eigenvalue weighted by molar-refractivity contribution is 6.30. The smallest absolute Gasteiger partial charge is 0.246 e. The SMILES string of the molecule is CCc1ccc(N(C(=O)CCl)c2cc(F)cc(F)c2F)cc1.CF. The van der Waals surface area contributed by atoms with Gasteiger partial charge in [-0.2, -0.15) is 0 Å². The molecular formula is C17H16ClF4NO. The molecule has 2 rings (SSSR count). The summed E-state index contributed by atoms with van der Waals surface area (Å²) in [5.41, 5.74) is 0.784. The Morgan fingerprint density at radius 1 is 1.08 bits per heavy atom. The lowest BCUT2D eigenvalue weighted by Gasteiger charge is -2.23. The van der Waals surface area contributed by atoms with Gasteiger partial charge in [0.05, 0.1) is 12.9 Å². The van der Waals surface area contributed by atoms with Crippen LogP contribution in [0.25, 0.3) is 0 Å². The zero-order valence-corrected chi connectivity index (χ0v) is 13.9. The van der Waals surface area contributed by atoms with E-state index < -0.39 is 34.9 Å². The van der Waals surface area contributed by atoms with E-state index in [1.54, 1.807) is 24.3 Å². The number of alkyl halides is 2. The van der Waals surface area contributed by atoms with E-state index in [-0.39, 0.29) is 5.69 Å². The molecule has 0 aliphatic rings. The van der Waals surface area contributed by atoms with Gasteiger partial charge < -0.3 is 0 Å². The Hall–Kier alpha value is -2.08. The highest BCUT2D eigenvalue weighted by atomic mass is 35.5. The quantitative estimate of drug-likeness (QED) is 0.418. The molecule has 2 aromatic carbocycles. The molecule has 130 valence electrons. The topological polar surface area (TPSA) is 20.3 Å². The van der Waals surface area contributed by atoms with Crippen LogP contribution in [0.5, 0.6) is 0 Å². The number of carbonyl (C=O) groups excluding carboxylic acids is 1. The predicted molar refractivity (Wildman–Crippen MR) is 87.0 cm³/mol. The van der Waals surface area contributed by atoms with Crippen molar-refractivity contribution >= 4 is 28.9 Å². The zero-order chi connectivity index (χ0) is 18.3. The summed E-state index contributed by atoms with van der Waals surface area (Å²) < 4.78 is 50.3. The summed E-state index contributed by atoms with van der Waals surface area (Å²) in [5.74, 6) is -4.79. The van der Waals surface area contributed by atoms with E-state index in [2.05, 4.69) is 0 Å². The maximum absolute atomic E-state index is 14.0. The fraction of sp³-hybridized carbons (Fsp3) is 0.235. The van der Waals surface area contributed by atoms with E-state index >= 15 is 0 Å². The number of hydrogen-bond acceptors (Lipinski definition) is 1. The van der Waals surface area contributed by atoms with Crippen LogP contribution in [0.3, 0.4) is 0 Å². The zero-order valence-electron chi connectivity index (χ0n) is 13.1. The Bertz CT molecular complexity index is 692. The van der Waals surface area contributed by atoms with E-state index in [1.165, 1.54) is 0 Å². The normalized spacial score (nSPS) is 9.96. The summed E-state index contributed by atoms with van der Waals surface area (Å²) in [4.78, 5) is 12.9. The third-order valence-corrected chi connectivity index (χ3v) is 3.41. The first-order chi connectivity index (χ1) is 11.5. The molecule has 0 radical (unpaired) electrons. The van der Waals surface area contributed by atoms with E-state index in [0.29, 0.717) is 13.2 Å². The summed E-state index contributed by atoms with van der Waals surface area (Å²) >= 11 is 5.54. The van der Waals surface area contributed by atoms with Crippen LogP contribution in [0, 0.1) is 17.5 Å². The molecule has 0 aromatic heterocycles. The van der Waals surface area contributed by atoms with Crippen LogP contribution in [-0.4, -0.2) is 19.0 Å². The fourth-order valence-corrected chi connectivity index (χ4v) is 2.18. The van der Waals surface area contributed by atoms with Crippen molar-refractivity contribution in [1.82, 2.24) is 0 Å². The molecule has 0 heterocycles. The van der Waals surface area contributed by atoms with E-state index in [0.717, 1.165) is 23.0 Å². The number of amides is 1. The Morgan fingerprint density at radius 2 is 1.67 bits per heavy atom. The minimum atomic E-state index is -1.37. The van der Waals surface area contributed by atoms with Gasteiger partial charge in [0.15, 0.2) is 11.6 Å². The highest BCUT2D eigenvalue weighted by Gasteiger charge is 2.23. The van der Waals surface area contributed by atoms with Gasteiger partial charge in [-0.1, -0.05) is 19.1 Å². The number of hydrogen-bond donors (Lipinski definition) is 0. The first-order valence-electron chi connectivity index (χ1n) is 6.98. The van der Waals surface area contributed by atoms with E-state index in [1.807, 2.05) is 6.92 Å². The van der Waals surface area contributed by atoms with Crippen molar-refractivity contribution in [2.24, 2.45) is 0 Å². The molecule has 0 N–H and O–H groups in total. The van der Waals surface area contributed by atoms with Crippen LogP contribution >= 0.6 is 11.6 Å². The molecule has 0 spiro atoms. The Kier molecular flexibility index (Phi) is 7.71. The Labute approximate surface area is 142 Å². The lowest BCUT2D eigenvalue weighted by molar-refractivity contribution is -0.115. The second-order valence-electron chi connectivity index (χ2n) is 4.60. The lowest BCUT2D eigenvalue weighted by Crippen LogP contribution is -2.28. The molecule has 2 aromatic rings. The largest absolute Gasteiger partial charge is 0.277 e. The summed E-state index contributed by atoms with van der Waals surface area (Å²) in [7, 11) is 0.500. The molecule has 1 amide bonds. The first kappa shape index (κ1) is 20.0. The van der Waals surface area contributed by atoms with Crippen molar-refractivity contribution < 1.29 is 22.4 Å². The maximum atomic E-state index is 14.0. The van der Waals surface area contributed by atoms with Gasteiger partial charge in [0.25, 0.3) is 0 Å². The molecule has 0 fully saturated rings. The number of rotatable bonds is 4. The minimum Gasteiger partial charge on any atom is -0.277 e. The van der Waals surface area contributed by atoms with Gasteiger partial charge in [-0.3, -0.25) is 14.1 Å². The van der Waals surface area contributed by atoms with E-state index in [9.17, 15) is 22.4 Å². The first-order valence-corrected chi connectivity index (χ1v) is 7.51. The molecule has 0 bridgehead atoms. The average molecular weight is 362 g/mol. The minimum absolute atomic E-state index is 0.284. The molecule has 0 saturated heterocycles. The monoisotopic (exact) mass is 361 g/mol. The van der Waals surface area contributed by atoms with Crippen molar-refractivity contribution in [3.05, 3.63) is 59.4 Å². The van der Waals surface area contributed by atoms with Crippen LogP contribution in [0.15, 0.2) is 36.4 Å². The van der Waals surface area contributed by atoms with Crippen molar-refractivity contribution in [3.63, 3.8) is 0 Å². The van der Waals surface area contributed by atoms with Gasteiger partial charge >= 0.3 is 0 Å². The molecule has 0 saturated carbocycles. The van der Waals surface area contributed by atoms with Crippen molar-refractivity contribution in [1.29, 1.82) is 0 Å². The van der Waals surface area contributed by atoms with Gasteiger partial charge in [-0.25, -0.2) is 13.2 Å². The molecule has 7 heteroatoms. The van der Waals surface area contributed by atoms with Gasteiger partial charge in [-0.15, -0.1) is 11.6 Å². The van der Waals surface area contributed by atoms with Gasteiger partial charge in [0, 0.05) is 17.8 Å². The Balaban J connectivity index is 0.00000139. The summed E-state index contributed by atoms with van der Waals surface area (Å²) in [5, 5.41) is 0. The third-order valence-electron chi connectivity index (χ3n) is 3.18. The lowest BCUT2D eigenvalue weighted by atomic mass is 10.1. The average Bonchev–Trinajstić information content (AvgIpc) is 2.61. The van der Waals surface area contributed by atoms with Crippen LogP contribution < -0.4 is 4.90 Å². The molecule has 0 aliphatic heterocycles. The summed E-state index contributed by atoms with van der Waals surface area (Å²) in [6.07, 6.45) is 0.784. The number of aryl methyl sites for hydroxylation is 1. The van der Waals surface area contributed by atoms with Gasteiger partial charge in [0.1, 0.15) is 11.7 Å². The van der Waals surface area contributed by atoms with Gasteiger partial charge in [-0.05, 0) is 24.1 Å².